The highest BCUT2D eigenvalue weighted by molar-refractivity contribution is 6.35. The Morgan fingerprint density at radius 1 is 1.31 bits per heavy atom. The van der Waals surface area contributed by atoms with Crippen molar-refractivity contribution in [3.05, 3.63) is 28.8 Å². The predicted molar refractivity (Wildman–Crippen MR) is 47.5 cm³/mol. The Bertz CT molecular complexity index is 416. The summed E-state index contributed by atoms with van der Waals surface area (Å²) in [5.74, 6) is 0.328. The van der Waals surface area contributed by atoms with Crippen LogP contribution in [0.3, 0.4) is 0 Å². The second-order valence-corrected chi connectivity index (χ2v) is 3.03. The van der Waals surface area contributed by atoms with Gasteiger partial charge in [0.1, 0.15) is 5.15 Å². The van der Waals surface area contributed by atoms with Crippen LogP contribution in [0.5, 0.6) is 0 Å². The van der Waals surface area contributed by atoms with E-state index in [1.807, 2.05) is 0 Å². The van der Waals surface area contributed by atoms with Crippen molar-refractivity contribution in [3.8, 4) is 11.5 Å². The van der Waals surface area contributed by atoms with E-state index in [2.05, 4.69) is 15.2 Å². The average Bonchev–Trinajstić information content (AvgIpc) is 2.56. The SMILES string of the molecule is Clc1cc(Cl)c(-c2nnco2)cn1. The molecule has 2 aromatic heterocycles. The third-order valence-electron chi connectivity index (χ3n) is 1.41. The highest BCUT2D eigenvalue weighted by Crippen LogP contribution is 2.26. The molecule has 0 unspecified atom stereocenters. The predicted octanol–water partition coefficient (Wildman–Crippen LogP) is 2.44. The van der Waals surface area contributed by atoms with Gasteiger partial charge < -0.3 is 4.42 Å². The van der Waals surface area contributed by atoms with Crippen LogP contribution in [-0.2, 0) is 0 Å². The highest BCUT2D eigenvalue weighted by atomic mass is 35.5. The second-order valence-electron chi connectivity index (χ2n) is 2.23. The number of hydrogen-bond donors (Lipinski definition) is 0. The van der Waals surface area contributed by atoms with E-state index in [-0.39, 0.29) is 0 Å². The normalized spacial score (nSPS) is 10.3. The van der Waals surface area contributed by atoms with Crippen LogP contribution in [0, 0.1) is 0 Å². The van der Waals surface area contributed by atoms with E-state index in [9.17, 15) is 0 Å². The van der Waals surface area contributed by atoms with E-state index in [1.165, 1.54) is 18.7 Å². The maximum absolute atomic E-state index is 5.87. The fourth-order valence-corrected chi connectivity index (χ4v) is 1.30. The lowest BCUT2D eigenvalue weighted by atomic mass is 10.3. The summed E-state index contributed by atoms with van der Waals surface area (Å²) >= 11 is 11.5. The summed E-state index contributed by atoms with van der Waals surface area (Å²) in [6, 6.07) is 1.52. The first-order valence-electron chi connectivity index (χ1n) is 3.35. The number of rotatable bonds is 1. The fourth-order valence-electron chi connectivity index (χ4n) is 0.855. The van der Waals surface area contributed by atoms with Crippen molar-refractivity contribution in [1.82, 2.24) is 15.2 Å². The van der Waals surface area contributed by atoms with Gasteiger partial charge in [-0.05, 0) is 6.07 Å². The van der Waals surface area contributed by atoms with Gasteiger partial charge in [-0.15, -0.1) is 10.2 Å². The van der Waals surface area contributed by atoms with Gasteiger partial charge in [-0.25, -0.2) is 4.98 Å². The van der Waals surface area contributed by atoms with Gasteiger partial charge in [-0.2, -0.15) is 0 Å². The molecule has 0 saturated heterocycles. The molecule has 0 atom stereocenters. The van der Waals surface area contributed by atoms with Crippen molar-refractivity contribution in [1.29, 1.82) is 0 Å². The third-order valence-corrected chi connectivity index (χ3v) is 1.93. The average molecular weight is 216 g/mol. The summed E-state index contributed by atoms with van der Waals surface area (Å²) in [5, 5.41) is 7.98. The zero-order chi connectivity index (χ0) is 9.26. The standard InChI is InChI=1S/C7H3Cl2N3O/c8-5-1-6(9)10-2-4(5)7-12-11-3-13-7/h1-3H. The maximum Gasteiger partial charge on any atom is 0.250 e. The molecule has 0 aromatic carbocycles. The van der Waals surface area contributed by atoms with Gasteiger partial charge in [-0.3, -0.25) is 0 Å². The molecule has 0 bridgehead atoms. The minimum Gasteiger partial charge on any atom is -0.423 e. The molecule has 0 N–H and O–H groups in total. The summed E-state index contributed by atoms with van der Waals surface area (Å²) in [6.45, 7) is 0. The van der Waals surface area contributed by atoms with Gasteiger partial charge in [-0.1, -0.05) is 23.2 Å². The summed E-state index contributed by atoms with van der Waals surface area (Å²) in [4.78, 5) is 3.85. The van der Waals surface area contributed by atoms with Crippen molar-refractivity contribution in [3.63, 3.8) is 0 Å². The number of hydrogen-bond acceptors (Lipinski definition) is 4. The van der Waals surface area contributed by atoms with Crippen molar-refractivity contribution in [2.45, 2.75) is 0 Å². The largest absolute Gasteiger partial charge is 0.423 e. The molecule has 0 saturated carbocycles. The van der Waals surface area contributed by atoms with E-state index in [4.69, 9.17) is 27.6 Å². The maximum atomic E-state index is 5.87. The molecule has 0 spiro atoms. The molecule has 13 heavy (non-hydrogen) atoms. The van der Waals surface area contributed by atoms with Crippen LogP contribution in [-0.4, -0.2) is 15.2 Å². The van der Waals surface area contributed by atoms with E-state index in [0.717, 1.165) is 0 Å². The van der Waals surface area contributed by atoms with E-state index in [0.29, 0.717) is 21.6 Å². The summed E-state index contributed by atoms with van der Waals surface area (Å²) in [6.07, 6.45) is 2.71. The van der Waals surface area contributed by atoms with Crippen LogP contribution in [0.25, 0.3) is 11.5 Å². The van der Waals surface area contributed by atoms with Gasteiger partial charge >= 0.3 is 0 Å². The Hall–Kier alpha value is -1.13. The van der Waals surface area contributed by atoms with Crippen molar-refractivity contribution in [2.24, 2.45) is 0 Å². The van der Waals surface area contributed by atoms with Crippen molar-refractivity contribution in [2.75, 3.05) is 0 Å². The summed E-state index contributed by atoms with van der Waals surface area (Å²) in [7, 11) is 0. The first-order valence-corrected chi connectivity index (χ1v) is 4.10. The molecule has 2 aromatic rings. The molecule has 0 amide bonds. The molecule has 0 fully saturated rings. The molecular weight excluding hydrogens is 213 g/mol. The number of pyridine rings is 1. The van der Waals surface area contributed by atoms with Crippen LogP contribution < -0.4 is 0 Å². The van der Waals surface area contributed by atoms with E-state index >= 15 is 0 Å². The Kier molecular flexibility index (Phi) is 2.16. The van der Waals surface area contributed by atoms with Gasteiger partial charge in [0.15, 0.2) is 0 Å². The molecule has 66 valence electrons. The smallest absolute Gasteiger partial charge is 0.250 e. The monoisotopic (exact) mass is 215 g/mol. The zero-order valence-corrected chi connectivity index (χ0v) is 7.75. The quantitative estimate of drug-likeness (QED) is 0.687. The lowest BCUT2D eigenvalue weighted by Gasteiger charge is -1.97. The highest BCUT2D eigenvalue weighted by Gasteiger charge is 2.09. The fraction of sp³-hybridized carbons (Fsp3) is 0. The topological polar surface area (TPSA) is 51.8 Å². The summed E-state index contributed by atoms with van der Waals surface area (Å²) < 4.78 is 4.95. The van der Waals surface area contributed by atoms with Crippen LogP contribution in [0.2, 0.25) is 10.2 Å². The molecule has 0 aliphatic carbocycles. The van der Waals surface area contributed by atoms with Gasteiger partial charge in [0.05, 0.1) is 10.6 Å². The van der Waals surface area contributed by atoms with Crippen LogP contribution in [0.4, 0.5) is 0 Å². The lowest BCUT2D eigenvalue weighted by molar-refractivity contribution is 0.568. The minimum atomic E-state index is 0.327. The summed E-state index contributed by atoms with van der Waals surface area (Å²) in [5.41, 5.74) is 0.573. The molecule has 2 heterocycles. The number of aromatic nitrogens is 3. The second kappa shape index (κ2) is 3.32. The zero-order valence-electron chi connectivity index (χ0n) is 6.24. The van der Waals surface area contributed by atoms with Gasteiger partial charge in [0.25, 0.3) is 0 Å². The van der Waals surface area contributed by atoms with Crippen LogP contribution in [0.15, 0.2) is 23.1 Å². The molecule has 0 aliphatic heterocycles. The van der Waals surface area contributed by atoms with Gasteiger partial charge in [0, 0.05) is 6.20 Å². The molecule has 4 nitrogen and oxygen atoms in total. The first-order chi connectivity index (χ1) is 6.27. The van der Waals surface area contributed by atoms with Crippen molar-refractivity contribution >= 4 is 23.2 Å². The Balaban J connectivity index is 2.53. The molecule has 0 aliphatic rings. The lowest BCUT2D eigenvalue weighted by Crippen LogP contribution is -1.83. The molecule has 6 heteroatoms. The minimum absolute atomic E-state index is 0.327. The molecule has 2 rings (SSSR count). The molecular formula is C7H3Cl2N3O. The Morgan fingerprint density at radius 2 is 2.15 bits per heavy atom. The van der Waals surface area contributed by atoms with Crippen molar-refractivity contribution < 1.29 is 4.42 Å². The number of halogens is 2. The third kappa shape index (κ3) is 1.64. The van der Waals surface area contributed by atoms with Crippen LogP contribution in [0.1, 0.15) is 0 Å². The first kappa shape index (κ1) is 8.47. The van der Waals surface area contributed by atoms with E-state index in [1.54, 1.807) is 0 Å². The van der Waals surface area contributed by atoms with Gasteiger partial charge in [0.2, 0.25) is 12.3 Å². The van der Waals surface area contributed by atoms with E-state index < -0.39 is 0 Å². The number of nitrogens with zero attached hydrogens (tertiary/aromatic N) is 3. The molecule has 0 radical (unpaired) electrons. The van der Waals surface area contributed by atoms with Crippen LogP contribution >= 0.6 is 23.2 Å². The Morgan fingerprint density at radius 3 is 2.77 bits per heavy atom. The Labute approximate surface area is 83.5 Å².